The van der Waals surface area contributed by atoms with E-state index in [9.17, 15) is 9.18 Å². The lowest BCUT2D eigenvalue weighted by molar-refractivity contribution is -0.166. The number of nitrogens with one attached hydrogen (secondary N) is 1. The van der Waals surface area contributed by atoms with Crippen molar-refractivity contribution in [3.8, 4) is 5.75 Å². The zero-order chi connectivity index (χ0) is 18.7. The maximum atomic E-state index is 14.1. The van der Waals surface area contributed by atoms with Crippen LogP contribution in [0, 0.1) is 11.2 Å². The average Bonchev–Trinajstić information content (AvgIpc) is 2.56. The third kappa shape index (κ3) is 4.28. The molecule has 0 heterocycles. The molecule has 6 nitrogen and oxygen atoms in total. The number of anilines is 1. The van der Waals surface area contributed by atoms with Crippen LogP contribution in [0.5, 0.6) is 5.75 Å². The van der Waals surface area contributed by atoms with Crippen LogP contribution in [-0.2, 0) is 14.3 Å². The summed E-state index contributed by atoms with van der Waals surface area (Å²) in [7, 11) is 1.54. The number of carbonyl (C=O) groups excluding carboxylic acids is 1. The van der Waals surface area contributed by atoms with Crippen LogP contribution >= 0.6 is 12.4 Å². The molecule has 0 radical (unpaired) electrons. The van der Waals surface area contributed by atoms with E-state index in [-0.39, 0.29) is 36.8 Å². The van der Waals surface area contributed by atoms with Crippen molar-refractivity contribution < 1.29 is 23.4 Å². The van der Waals surface area contributed by atoms with Gasteiger partial charge in [0.2, 0.25) is 5.91 Å². The molecule has 3 N–H and O–H groups in total. The fourth-order valence-corrected chi connectivity index (χ4v) is 2.99. The predicted octanol–water partition coefficient (Wildman–Crippen LogP) is 2.74. The standard InChI is InChI=1S/C18H27FN2O4.ClH/c1-5-24-15-11-18(20,17(15,2)3)16(22)21-12-6-7-14(13(19)10-12)25-9-8-23-4;/h6-7,10,15H,5,8-9,11,20H2,1-4H3,(H,21,22);1H. The Balaban J connectivity index is 0.00000338. The second-order valence-corrected chi connectivity index (χ2v) is 6.78. The molecule has 8 heteroatoms. The molecule has 0 aromatic heterocycles. The zero-order valence-corrected chi connectivity index (χ0v) is 16.5. The van der Waals surface area contributed by atoms with Gasteiger partial charge in [-0.05, 0) is 19.1 Å². The topological polar surface area (TPSA) is 82.8 Å². The molecule has 2 unspecified atom stereocenters. The minimum Gasteiger partial charge on any atom is -0.488 e. The third-order valence-electron chi connectivity index (χ3n) is 4.97. The minimum atomic E-state index is -1.06. The van der Waals surface area contributed by atoms with Crippen LogP contribution in [0.1, 0.15) is 27.2 Å². The summed E-state index contributed by atoms with van der Waals surface area (Å²) in [5.41, 5.74) is 5.09. The molecule has 1 aliphatic rings. The van der Waals surface area contributed by atoms with Gasteiger partial charge < -0.3 is 25.3 Å². The maximum absolute atomic E-state index is 14.1. The highest BCUT2D eigenvalue weighted by Crippen LogP contribution is 2.50. The van der Waals surface area contributed by atoms with E-state index in [4.69, 9.17) is 19.9 Å². The molecule has 148 valence electrons. The largest absolute Gasteiger partial charge is 0.488 e. The smallest absolute Gasteiger partial charge is 0.245 e. The van der Waals surface area contributed by atoms with Gasteiger partial charge in [-0.1, -0.05) is 13.8 Å². The Kier molecular flexibility index (Phi) is 7.83. The summed E-state index contributed by atoms with van der Waals surface area (Å²) in [5, 5.41) is 2.70. The van der Waals surface area contributed by atoms with E-state index in [1.807, 2.05) is 20.8 Å². The van der Waals surface area contributed by atoms with Crippen LogP contribution in [0.15, 0.2) is 18.2 Å². The number of carbonyl (C=O) groups is 1. The Labute approximate surface area is 160 Å². The van der Waals surface area contributed by atoms with Crippen molar-refractivity contribution in [2.45, 2.75) is 38.8 Å². The maximum Gasteiger partial charge on any atom is 0.245 e. The molecule has 1 aromatic carbocycles. The molecule has 26 heavy (non-hydrogen) atoms. The summed E-state index contributed by atoms with van der Waals surface area (Å²) in [6.07, 6.45) is 0.363. The summed E-state index contributed by atoms with van der Waals surface area (Å²) in [6, 6.07) is 4.27. The molecule has 1 aromatic rings. The molecule has 0 aliphatic heterocycles. The van der Waals surface area contributed by atoms with Crippen molar-refractivity contribution in [2.24, 2.45) is 11.1 Å². The Morgan fingerprint density at radius 1 is 1.38 bits per heavy atom. The van der Waals surface area contributed by atoms with E-state index in [0.717, 1.165) is 0 Å². The number of ether oxygens (including phenoxy) is 3. The fraction of sp³-hybridized carbons (Fsp3) is 0.611. The highest BCUT2D eigenvalue weighted by Gasteiger charge is 2.62. The van der Waals surface area contributed by atoms with Crippen molar-refractivity contribution >= 4 is 24.0 Å². The Bertz CT molecular complexity index is 629. The van der Waals surface area contributed by atoms with Crippen molar-refractivity contribution in [3.63, 3.8) is 0 Å². The number of hydrogen-bond donors (Lipinski definition) is 2. The number of rotatable bonds is 8. The Morgan fingerprint density at radius 3 is 2.62 bits per heavy atom. The van der Waals surface area contributed by atoms with Gasteiger partial charge in [0.25, 0.3) is 0 Å². The van der Waals surface area contributed by atoms with E-state index in [1.54, 1.807) is 13.2 Å². The van der Waals surface area contributed by atoms with E-state index >= 15 is 0 Å². The summed E-state index contributed by atoms with van der Waals surface area (Å²) >= 11 is 0. The molecule has 1 fully saturated rings. The minimum absolute atomic E-state index is 0. The quantitative estimate of drug-likeness (QED) is 0.667. The lowest BCUT2D eigenvalue weighted by Gasteiger charge is -2.57. The summed E-state index contributed by atoms with van der Waals surface area (Å²) in [4.78, 5) is 12.6. The van der Waals surface area contributed by atoms with Gasteiger partial charge >= 0.3 is 0 Å². The van der Waals surface area contributed by atoms with Gasteiger partial charge in [0, 0.05) is 37.3 Å². The highest BCUT2D eigenvalue weighted by molar-refractivity contribution is 5.99. The molecule has 2 atom stereocenters. The van der Waals surface area contributed by atoms with Crippen LogP contribution in [0.3, 0.4) is 0 Å². The molecule has 0 spiro atoms. The second-order valence-electron chi connectivity index (χ2n) is 6.78. The normalized spacial score (nSPS) is 23.5. The molecular weight excluding hydrogens is 363 g/mol. The van der Waals surface area contributed by atoms with Gasteiger partial charge in [-0.25, -0.2) is 4.39 Å². The Morgan fingerprint density at radius 2 is 2.08 bits per heavy atom. The van der Waals surface area contributed by atoms with Crippen LogP contribution in [0.2, 0.25) is 0 Å². The van der Waals surface area contributed by atoms with E-state index in [0.29, 0.717) is 25.3 Å². The van der Waals surface area contributed by atoms with E-state index in [1.165, 1.54) is 12.1 Å². The van der Waals surface area contributed by atoms with Crippen LogP contribution in [-0.4, -0.2) is 44.5 Å². The van der Waals surface area contributed by atoms with Gasteiger partial charge in [0.05, 0.1) is 12.7 Å². The van der Waals surface area contributed by atoms with Gasteiger partial charge in [-0.3, -0.25) is 4.79 Å². The number of nitrogens with two attached hydrogens (primary N) is 1. The third-order valence-corrected chi connectivity index (χ3v) is 4.97. The Hall–Kier alpha value is -1.41. The molecule has 1 saturated carbocycles. The molecular formula is C18H28ClFN2O4. The number of methoxy groups -OCH3 is 1. The molecule has 1 amide bonds. The van der Waals surface area contributed by atoms with Crippen LogP contribution in [0.4, 0.5) is 10.1 Å². The summed E-state index contributed by atoms with van der Waals surface area (Å²) < 4.78 is 29.8. The number of benzene rings is 1. The first-order chi connectivity index (χ1) is 11.8. The van der Waals surface area contributed by atoms with Crippen molar-refractivity contribution in [1.82, 2.24) is 0 Å². The highest BCUT2D eigenvalue weighted by atomic mass is 35.5. The zero-order valence-electron chi connectivity index (χ0n) is 15.6. The van der Waals surface area contributed by atoms with Gasteiger partial charge in [0.1, 0.15) is 12.1 Å². The lowest BCUT2D eigenvalue weighted by Crippen LogP contribution is -2.74. The molecule has 0 bridgehead atoms. The SMILES string of the molecule is CCOC1CC(N)(C(=O)Nc2ccc(OCCOC)c(F)c2)C1(C)C.Cl. The predicted molar refractivity (Wildman–Crippen MR) is 100 cm³/mol. The average molecular weight is 391 g/mol. The van der Waals surface area contributed by atoms with Crippen molar-refractivity contribution in [3.05, 3.63) is 24.0 Å². The molecule has 0 saturated heterocycles. The second kappa shape index (κ2) is 8.99. The first kappa shape index (κ1) is 22.6. The van der Waals surface area contributed by atoms with Crippen LogP contribution in [0.25, 0.3) is 0 Å². The summed E-state index contributed by atoms with van der Waals surface area (Å²) in [6.45, 7) is 6.91. The fourth-order valence-electron chi connectivity index (χ4n) is 2.99. The van der Waals surface area contributed by atoms with Crippen molar-refractivity contribution in [2.75, 3.05) is 32.2 Å². The van der Waals surface area contributed by atoms with E-state index in [2.05, 4.69) is 5.32 Å². The van der Waals surface area contributed by atoms with Gasteiger partial charge in [-0.15, -0.1) is 12.4 Å². The summed E-state index contributed by atoms with van der Waals surface area (Å²) in [5.74, 6) is -0.793. The molecule has 1 aliphatic carbocycles. The number of halogens is 2. The number of amides is 1. The van der Waals surface area contributed by atoms with E-state index < -0.39 is 16.8 Å². The van der Waals surface area contributed by atoms with Crippen LogP contribution < -0.4 is 15.8 Å². The monoisotopic (exact) mass is 390 g/mol. The lowest BCUT2D eigenvalue weighted by atomic mass is 9.54. The van der Waals surface area contributed by atoms with Crippen molar-refractivity contribution in [1.29, 1.82) is 0 Å². The number of hydrogen-bond acceptors (Lipinski definition) is 5. The first-order valence-electron chi connectivity index (χ1n) is 8.39. The molecule has 2 rings (SSSR count). The first-order valence-corrected chi connectivity index (χ1v) is 8.39. The van der Waals surface area contributed by atoms with Gasteiger partial charge in [-0.2, -0.15) is 0 Å². The van der Waals surface area contributed by atoms with Gasteiger partial charge in [0.15, 0.2) is 11.6 Å².